The molecule has 0 aromatic heterocycles. The number of morpholine rings is 1. The molecule has 3 aliphatic rings. The number of nitrogens with zero attached hydrogens (tertiary/aromatic N) is 2. The number of rotatable bonds is 7. The van der Waals surface area contributed by atoms with Crippen LogP contribution >= 0.6 is 11.8 Å². The maximum atomic E-state index is 12.9. The number of benzene rings is 2. The molecule has 0 amide bonds. The maximum Gasteiger partial charge on any atom is 0.446 e. The summed E-state index contributed by atoms with van der Waals surface area (Å²) in [5.74, 6) is 0.947. The largest absolute Gasteiger partial charge is 0.494 e. The number of thioether (sulfide) groups is 1. The Morgan fingerprint density at radius 1 is 1.03 bits per heavy atom. The van der Waals surface area contributed by atoms with E-state index in [1.165, 1.54) is 17.2 Å². The lowest BCUT2D eigenvalue weighted by Gasteiger charge is -2.38. The predicted octanol–water partition coefficient (Wildman–Crippen LogP) is 5.68. The van der Waals surface area contributed by atoms with Crippen LogP contribution in [0.1, 0.15) is 47.9 Å². The highest BCUT2D eigenvalue weighted by molar-refractivity contribution is 8.00. The summed E-state index contributed by atoms with van der Waals surface area (Å²) in [4.78, 5) is 5.14. The fourth-order valence-electron chi connectivity index (χ4n) is 5.49. The quantitative estimate of drug-likeness (QED) is 0.366. The van der Waals surface area contributed by atoms with Gasteiger partial charge >= 0.3 is 5.51 Å². The lowest BCUT2D eigenvalue weighted by atomic mass is 9.81. The van der Waals surface area contributed by atoms with Crippen LogP contribution < -0.4 is 4.74 Å². The van der Waals surface area contributed by atoms with E-state index >= 15 is 0 Å². The van der Waals surface area contributed by atoms with Gasteiger partial charge in [-0.25, -0.2) is 0 Å². The monoisotopic (exact) mass is 492 g/mol. The minimum Gasteiger partial charge on any atom is -0.494 e. The van der Waals surface area contributed by atoms with Crippen molar-refractivity contribution in [1.29, 1.82) is 0 Å². The first-order valence-corrected chi connectivity index (χ1v) is 12.9. The Kier molecular flexibility index (Phi) is 7.39. The predicted molar refractivity (Wildman–Crippen MR) is 128 cm³/mol. The summed E-state index contributed by atoms with van der Waals surface area (Å²) in [6.45, 7) is 7.15. The smallest absolute Gasteiger partial charge is 0.446 e. The van der Waals surface area contributed by atoms with Crippen molar-refractivity contribution >= 4 is 11.8 Å². The Balaban J connectivity index is 1.31. The molecule has 2 aromatic carbocycles. The van der Waals surface area contributed by atoms with Gasteiger partial charge in [0, 0.05) is 43.0 Å². The normalized spacial score (nSPS) is 23.5. The third-order valence-electron chi connectivity index (χ3n) is 7.06. The van der Waals surface area contributed by atoms with Gasteiger partial charge in [-0.15, -0.1) is 0 Å². The third-order valence-corrected chi connectivity index (χ3v) is 7.78. The first-order chi connectivity index (χ1) is 16.5. The molecule has 0 bridgehead atoms. The van der Waals surface area contributed by atoms with Gasteiger partial charge in [0.15, 0.2) is 0 Å². The van der Waals surface area contributed by atoms with E-state index in [0.717, 1.165) is 76.5 Å². The summed E-state index contributed by atoms with van der Waals surface area (Å²) >= 11 is -0.0405. The van der Waals surface area contributed by atoms with Crippen molar-refractivity contribution in [2.24, 2.45) is 0 Å². The second kappa shape index (κ2) is 10.5. The Bertz CT molecular complexity index is 981. The Morgan fingerprint density at radius 2 is 1.88 bits per heavy atom. The molecule has 3 heterocycles. The average molecular weight is 493 g/mol. The minimum absolute atomic E-state index is 0.0405. The van der Waals surface area contributed by atoms with Crippen molar-refractivity contribution < 1.29 is 22.6 Å². The molecule has 5 rings (SSSR count). The Hall–Kier alpha value is -1.74. The molecule has 34 heavy (non-hydrogen) atoms. The lowest BCUT2D eigenvalue weighted by molar-refractivity contribution is -0.0328. The highest BCUT2D eigenvalue weighted by atomic mass is 32.2. The van der Waals surface area contributed by atoms with Gasteiger partial charge in [-0.05, 0) is 78.5 Å². The van der Waals surface area contributed by atoms with Gasteiger partial charge < -0.3 is 9.47 Å². The summed E-state index contributed by atoms with van der Waals surface area (Å²) < 4.78 is 50.3. The number of fused-ring (bicyclic) bond motifs is 3. The lowest BCUT2D eigenvalue weighted by Crippen LogP contribution is -2.37. The van der Waals surface area contributed by atoms with Crippen LogP contribution in [-0.4, -0.2) is 67.9 Å². The van der Waals surface area contributed by atoms with Crippen LogP contribution in [-0.2, 0) is 4.74 Å². The van der Waals surface area contributed by atoms with Gasteiger partial charge in [0.25, 0.3) is 0 Å². The fraction of sp³-hybridized carbons (Fsp3) is 0.538. The SMILES string of the molecule is FC(F)(F)Sc1cccc(C2CN3CCCC3c3cc(OCCCN4CCOCC4)ccc32)c1. The van der Waals surface area contributed by atoms with E-state index in [9.17, 15) is 13.2 Å². The van der Waals surface area contributed by atoms with E-state index in [-0.39, 0.29) is 22.6 Å². The van der Waals surface area contributed by atoms with Crippen LogP contribution in [0.2, 0.25) is 0 Å². The first kappa shape index (κ1) is 24.0. The average Bonchev–Trinajstić information content (AvgIpc) is 3.30. The fourth-order valence-corrected chi connectivity index (χ4v) is 6.10. The molecule has 3 aliphatic heterocycles. The van der Waals surface area contributed by atoms with Crippen molar-refractivity contribution in [2.45, 2.75) is 41.6 Å². The van der Waals surface area contributed by atoms with E-state index < -0.39 is 5.51 Å². The summed E-state index contributed by atoms with van der Waals surface area (Å²) in [5.41, 5.74) is -0.844. The van der Waals surface area contributed by atoms with E-state index in [2.05, 4.69) is 21.9 Å². The summed E-state index contributed by atoms with van der Waals surface area (Å²) in [6.07, 6.45) is 3.23. The van der Waals surface area contributed by atoms with Crippen molar-refractivity contribution in [1.82, 2.24) is 9.80 Å². The van der Waals surface area contributed by atoms with Crippen molar-refractivity contribution in [2.75, 3.05) is 52.5 Å². The molecule has 2 saturated heterocycles. The Labute approximate surface area is 203 Å². The molecule has 0 N–H and O–H groups in total. The van der Waals surface area contributed by atoms with E-state index in [4.69, 9.17) is 9.47 Å². The Morgan fingerprint density at radius 3 is 2.71 bits per heavy atom. The molecular weight excluding hydrogens is 461 g/mol. The molecule has 4 nitrogen and oxygen atoms in total. The molecule has 2 fully saturated rings. The molecule has 8 heteroatoms. The molecule has 0 saturated carbocycles. The first-order valence-electron chi connectivity index (χ1n) is 12.1. The van der Waals surface area contributed by atoms with Crippen LogP contribution in [0.3, 0.4) is 0 Å². The molecule has 2 atom stereocenters. The van der Waals surface area contributed by atoms with E-state index in [0.29, 0.717) is 12.6 Å². The van der Waals surface area contributed by atoms with Crippen molar-refractivity contribution in [3.05, 3.63) is 59.2 Å². The van der Waals surface area contributed by atoms with Gasteiger partial charge in [0.1, 0.15) is 5.75 Å². The summed E-state index contributed by atoms with van der Waals surface area (Å²) in [6, 6.07) is 13.7. The van der Waals surface area contributed by atoms with Crippen molar-refractivity contribution in [3.8, 4) is 5.75 Å². The number of hydrogen-bond acceptors (Lipinski definition) is 5. The molecule has 0 aliphatic carbocycles. The highest BCUT2D eigenvalue weighted by Gasteiger charge is 2.37. The molecule has 0 radical (unpaired) electrons. The zero-order valence-electron chi connectivity index (χ0n) is 19.2. The van der Waals surface area contributed by atoms with Crippen LogP contribution in [0.15, 0.2) is 47.4 Å². The van der Waals surface area contributed by atoms with Gasteiger partial charge in [0.05, 0.1) is 19.8 Å². The maximum absolute atomic E-state index is 12.9. The molecule has 2 aromatic rings. The summed E-state index contributed by atoms with van der Waals surface area (Å²) in [5, 5.41) is 0. The number of ether oxygens (including phenoxy) is 2. The number of halogens is 3. The van der Waals surface area contributed by atoms with Gasteiger partial charge in [0.2, 0.25) is 0 Å². The van der Waals surface area contributed by atoms with Crippen LogP contribution in [0, 0.1) is 0 Å². The van der Waals surface area contributed by atoms with E-state index in [1.54, 1.807) is 12.1 Å². The van der Waals surface area contributed by atoms with E-state index in [1.807, 2.05) is 12.1 Å². The molecule has 2 unspecified atom stereocenters. The van der Waals surface area contributed by atoms with Crippen LogP contribution in [0.5, 0.6) is 5.75 Å². The number of alkyl halides is 3. The third kappa shape index (κ3) is 5.73. The molecular formula is C26H31F3N2O2S. The van der Waals surface area contributed by atoms with Crippen LogP contribution in [0.25, 0.3) is 0 Å². The second-order valence-corrected chi connectivity index (χ2v) is 10.4. The summed E-state index contributed by atoms with van der Waals surface area (Å²) in [7, 11) is 0. The zero-order chi connectivity index (χ0) is 23.5. The van der Waals surface area contributed by atoms with Gasteiger partial charge in [-0.1, -0.05) is 18.2 Å². The van der Waals surface area contributed by atoms with Crippen LogP contribution in [0.4, 0.5) is 13.2 Å². The highest BCUT2D eigenvalue weighted by Crippen LogP contribution is 2.46. The molecule has 184 valence electrons. The van der Waals surface area contributed by atoms with Gasteiger partial charge in [-0.3, -0.25) is 9.80 Å². The van der Waals surface area contributed by atoms with Crippen molar-refractivity contribution in [3.63, 3.8) is 0 Å². The standard InChI is InChI=1S/C26H31F3N2O2S/c27-26(28,29)34-21-5-1-4-19(16-21)24-18-31-10-2-6-25(31)23-17-20(7-8-22(23)24)33-13-3-9-30-11-14-32-15-12-30/h1,4-5,7-8,16-17,24-25H,2-3,6,9-15,18H2. The second-order valence-electron chi connectivity index (χ2n) is 9.27. The molecule has 0 spiro atoms. The number of hydrogen-bond donors (Lipinski definition) is 0. The zero-order valence-corrected chi connectivity index (χ0v) is 20.0. The minimum atomic E-state index is -4.28. The topological polar surface area (TPSA) is 24.9 Å². The van der Waals surface area contributed by atoms with Gasteiger partial charge in [-0.2, -0.15) is 13.2 Å².